The Balaban J connectivity index is 1.56. The van der Waals surface area contributed by atoms with Crippen LogP contribution < -0.4 is 15.9 Å². The third kappa shape index (κ3) is 4.08. The van der Waals surface area contributed by atoms with Crippen LogP contribution >= 0.6 is 0 Å². The first-order chi connectivity index (χ1) is 15.9. The highest BCUT2D eigenvalue weighted by atomic mass is 19.1. The number of aryl methyl sites for hydroxylation is 2. The molecule has 4 aromatic heterocycles. The molecule has 1 atom stereocenters. The summed E-state index contributed by atoms with van der Waals surface area (Å²) < 4.78 is 18.0. The molecule has 0 amide bonds. The van der Waals surface area contributed by atoms with Gasteiger partial charge in [-0.3, -0.25) is 0 Å². The minimum absolute atomic E-state index is 0.205. The average Bonchev–Trinajstić information content (AvgIpc) is 3.21. The van der Waals surface area contributed by atoms with Crippen LogP contribution in [-0.2, 0) is 6.42 Å². The fraction of sp³-hybridized carbons (Fsp3) is 0.417. The number of halogens is 1. The van der Waals surface area contributed by atoms with Crippen LogP contribution in [0.5, 0.6) is 0 Å². The predicted molar refractivity (Wildman–Crippen MR) is 126 cm³/mol. The fourth-order valence-electron chi connectivity index (χ4n) is 4.44. The van der Waals surface area contributed by atoms with E-state index in [9.17, 15) is 9.18 Å². The SMILES string of the molecule is CCCCc1cn2cc(-c3nc(=O)n4cc(N5CCN[C@@H](C)C5)cc(C)c4n3)cc(F)c2n1. The second kappa shape index (κ2) is 8.55. The summed E-state index contributed by atoms with van der Waals surface area (Å²) in [5.74, 6) is -0.254. The quantitative estimate of drug-likeness (QED) is 0.505. The smallest absolute Gasteiger partial charge is 0.355 e. The van der Waals surface area contributed by atoms with Crippen molar-refractivity contribution in [1.82, 2.24) is 29.1 Å². The van der Waals surface area contributed by atoms with E-state index in [1.807, 2.05) is 19.2 Å². The molecule has 1 aliphatic heterocycles. The summed E-state index contributed by atoms with van der Waals surface area (Å²) in [6.45, 7) is 8.81. The molecule has 0 aromatic carbocycles. The van der Waals surface area contributed by atoms with Crippen molar-refractivity contribution in [1.29, 1.82) is 0 Å². The van der Waals surface area contributed by atoms with Crippen LogP contribution in [0, 0.1) is 12.7 Å². The Morgan fingerprint density at radius 3 is 2.79 bits per heavy atom. The van der Waals surface area contributed by atoms with Gasteiger partial charge < -0.3 is 14.6 Å². The number of aromatic nitrogens is 5. The van der Waals surface area contributed by atoms with E-state index in [0.29, 0.717) is 17.3 Å². The lowest BCUT2D eigenvalue weighted by Crippen LogP contribution is -2.49. The summed E-state index contributed by atoms with van der Waals surface area (Å²) >= 11 is 0. The van der Waals surface area contributed by atoms with E-state index in [0.717, 1.165) is 55.8 Å². The molecule has 1 saturated heterocycles. The van der Waals surface area contributed by atoms with Crippen molar-refractivity contribution in [3.05, 3.63) is 58.3 Å². The Bertz CT molecular complexity index is 1390. The molecule has 0 aliphatic carbocycles. The summed E-state index contributed by atoms with van der Waals surface area (Å²) in [5, 5.41) is 3.43. The topological polar surface area (TPSA) is 79.8 Å². The molecule has 8 nitrogen and oxygen atoms in total. The molecule has 5 rings (SSSR count). The summed E-state index contributed by atoms with van der Waals surface area (Å²) in [4.78, 5) is 28.4. The number of nitrogens with one attached hydrogen (secondary N) is 1. The lowest BCUT2D eigenvalue weighted by molar-refractivity contribution is 0.484. The van der Waals surface area contributed by atoms with E-state index in [4.69, 9.17) is 0 Å². The van der Waals surface area contributed by atoms with Gasteiger partial charge in [0.25, 0.3) is 0 Å². The van der Waals surface area contributed by atoms with E-state index < -0.39 is 11.5 Å². The first kappa shape index (κ1) is 21.5. The third-order valence-electron chi connectivity index (χ3n) is 6.16. The van der Waals surface area contributed by atoms with Gasteiger partial charge in [0.15, 0.2) is 17.3 Å². The normalized spacial score (nSPS) is 16.7. The lowest BCUT2D eigenvalue weighted by Gasteiger charge is -2.33. The van der Waals surface area contributed by atoms with E-state index in [2.05, 4.69) is 39.0 Å². The minimum atomic E-state index is -0.459. The monoisotopic (exact) mass is 449 g/mol. The van der Waals surface area contributed by atoms with Gasteiger partial charge in [0.05, 0.1) is 11.4 Å². The van der Waals surface area contributed by atoms with Crippen LogP contribution in [0.25, 0.3) is 22.7 Å². The van der Waals surface area contributed by atoms with Crippen LogP contribution in [0.15, 0.2) is 35.5 Å². The van der Waals surface area contributed by atoms with Gasteiger partial charge in [-0.15, -0.1) is 0 Å². The maximum Gasteiger partial charge on any atom is 0.355 e. The molecule has 172 valence electrons. The highest BCUT2D eigenvalue weighted by molar-refractivity contribution is 5.63. The Labute approximate surface area is 191 Å². The molecule has 0 saturated carbocycles. The highest BCUT2D eigenvalue weighted by Gasteiger charge is 2.19. The number of unbranched alkanes of at least 4 members (excludes halogenated alkanes) is 1. The summed E-state index contributed by atoms with van der Waals surface area (Å²) in [6, 6.07) is 3.77. The molecule has 0 unspecified atom stereocenters. The first-order valence-electron chi connectivity index (χ1n) is 11.5. The minimum Gasteiger partial charge on any atom is -0.368 e. The average molecular weight is 450 g/mol. The Kier molecular flexibility index (Phi) is 5.57. The van der Waals surface area contributed by atoms with Gasteiger partial charge in [0, 0.05) is 49.8 Å². The largest absolute Gasteiger partial charge is 0.368 e. The number of imidazole rings is 1. The van der Waals surface area contributed by atoms with Crippen LogP contribution in [0.3, 0.4) is 0 Å². The van der Waals surface area contributed by atoms with Gasteiger partial charge >= 0.3 is 5.69 Å². The predicted octanol–water partition coefficient (Wildman–Crippen LogP) is 2.99. The number of piperazine rings is 1. The maximum atomic E-state index is 14.8. The fourth-order valence-corrected chi connectivity index (χ4v) is 4.44. The van der Waals surface area contributed by atoms with Gasteiger partial charge in [-0.2, -0.15) is 4.98 Å². The van der Waals surface area contributed by atoms with Gasteiger partial charge in [0.1, 0.15) is 5.65 Å². The van der Waals surface area contributed by atoms with Crippen molar-refractivity contribution in [2.75, 3.05) is 24.5 Å². The molecule has 1 aliphatic rings. The molecule has 9 heteroatoms. The number of pyridine rings is 2. The molecule has 0 bridgehead atoms. The summed E-state index contributed by atoms with van der Waals surface area (Å²) in [7, 11) is 0. The van der Waals surface area contributed by atoms with E-state index in [1.165, 1.54) is 10.5 Å². The van der Waals surface area contributed by atoms with Crippen LogP contribution in [0.2, 0.25) is 0 Å². The second-order valence-corrected chi connectivity index (χ2v) is 8.85. The van der Waals surface area contributed by atoms with Crippen molar-refractivity contribution < 1.29 is 4.39 Å². The number of rotatable bonds is 5. The number of anilines is 1. The first-order valence-corrected chi connectivity index (χ1v) is 11.5. The number of hydrogen-bond donors (Lipinski definition) is 1. The summed E-state index contributed by atoms with van der Waals surface area (Å²) in [5.41, 5.74) is 3.48. The molecular formula is C24H28FN7O. The van der Waals surface area contributed by atoms with Crippen molar-refractivity contribution in [2.24, 2.45) is 0 Å². The zero-order chi connectivity index (χ0) is 23.1. The Morgan fingerprint density at radius 2 is 2.00 bits per heavy atom. The summed E-state index contributed by atoms with van der Waals surface area (Å²) in [6.07, 6.45) is 8.21. The second-order valence-electron chi connectivity index (χ2n) is 8.85. The van der Waals surface area contributed by atoms with Gasteiger partial charge in [-0.1, -0.05) is 13.3 Å². The van der Waals surface area contributed by atoms with Gasteiger partial charge in [0.2, 0.25) is 0 Å². The molecule has 1 fully saturated rings. The number of fused-ring (bicyclic) bond motifs is 2. The zero-order valence-electron chi connectivity index (χ0n) is 19.2. The molecule has 1 N–H and O–H groups in total. The van der Waals surface area contributed by atoms with Crippen molar-refractivity contribution in [3.63, 3.8) is 0 Å². The van der Waals surface area contributed by atoms with Crippen LogP contribution in [0.1, 0.15) is 37.9 Å². The number of hydrogen-bond acceptors (Lipinski definition) is 6. The van der Waals surface area contributed by atoms with Gasteiger partial charge in [-0.25, -0.2) is 23.6 Å². The molecule has 0 radical (unpaired) electrons. The highest BCUT2D eigenvalue weighted by Crippen LogP contribution is 2.23. The van der Waals surface area contributed by atoms with E-state index >= 15 is 0 Å². The van der Waals surface area contributed by atoms with E-state index in [1.54, 1.807) is 16.8 Å². The zero-order valence-corrected chi connectivity index (χ0v) is 19.2. The third-order valence-corrected chi connectivity index (χ3v) is 6.16. The van der Waals surface area contributed by atoms with Crippen molar-refractivity contribution in [2.45, 2.75) is 46.1 Å². The molecule has 0 spiro atoms. The van der Waals surface area contributed by atoms with E-state index in [-0.39, 0.29) is 11.5 Å². The maximum absolute atomic E-state index is 14.8. The van der Waals surface area contributed by atoms with Crippen molar-refractivity contribution >= 4 is 17.0 Å². The van der Waals surface area contributed by atoms with Crippen molar-refractivity contribution in [3.8, 4) is 11.4 Å². The molecular weight excluding hydrogens is 421 g/mol. The van der Waals surface area contributed by atoms with Crippen LogP contribution in [0.4, 0.5) is 10.1 Å². The van der Waals surface area contributed by atoms with Crippen LogP contribution in [-0.4, -0.2) is 49.4 Å². The Hall–Kier alpha value is -3.33. The molecule has 33 heavy (non-hydrogen) atoms. The number of nitrogens with zero attached hydrogens (tertiary/aromatic N) is 6. The van der Waals surface area contributed by atoms with Gasteiger partial charge in [-0.05, 0) is 44.4 Å². The molecule has 4 aromatic rings. The lowest BCUT2D eigenvalue weighted by atomic mass is 10.2. The molecule has 5 heterocycles. The Morgan fingerprint density at radius 1 is 1.15 bits per heavy atom. The standard InChI is InChI=1S/C24H28FN7O/c1-4-5-6-18-13-31-12-17(10-20(25)23(31)27-18)21-28-22-15(2)9-19(14-32(22)24(33)29-21)30-8-7-26-16(3)11-30/h9-10,12-14,16,26H,4-8,11H2,1-3H3/t16-/m0/s1.